The van der Waals surface area contributed by atoms with Crippen LogP contribution in [0.4, 0.5) is 0 Å². The monoisotopic (exact) mass is 192 g/mol. The second kappa shape index (κ2) is 5.82. The summed E-state index contributed by atoms with van der Waals surface area (Å²) in [6, 6.07) is 10.4. The molecular weight excluding hydrogens is 172 g/mol. The topological polar surface area (TPSA) is 20.2 Å². The molecule has 78 valence electrons. The van der Waals surface area contributed by atoms with E-state index in [2.05, 4.69) is 38.1 Å². The normalized spacial score (nSPS) is 13.1. The molecule has 0 amide bonds. The van der Waals surface area contributed by atoms with Crippen LogP contribution in [0.3, 0.4) is 0 Å². The van der Waals surface area contributed by atoms with E-state index in [-0.39, 0.29) is 0 Å². The van der Waals surface area contributed by atoms with Gasteiger partial charge in [0.1, 0.15) is 0 Å². The molecule has 0 aliphatic heterocycles. The van der Waals surface area contributed by atoms with Crippen molar-refractivity contribution in [1.29, 1.82) is 0 Å². The van der Waals surface area contributed by atoms with Gasteiger partial charge in [-0.05, 0) is 30.2 Å². The van der Waals surface area contributed by atoms with E-state index in [1.165, 1.54) is 5.56 Å². The highest BCUT2D eigenvalue weighted by atomic mass is 16.3. The van der Waals surface area contributed by atoms with Gasteiger partial charge < -0.3 is 5.11 Å². The fourth-order valence-corrected chi connectivity index (χ4v) is 1.84. The maximum atomic E-state index is 9.24. The average Bonchev–Trinajstić information content (AvgIpc) is 2.17. The summed E-state index contributed by atoms with van der Waals surface area (Å²) in [5.74, 6) is 1.08. The largest absolute Gasteiger partial charge is 0.396 e. The molecule has 14 heavy (non-hydrogen) atoms. The van der Waals surface area contributed by atoms with Crippen LogP contribution in [0.5, 0.6) is 0 Å². The standard InChI is InChI=1S/C13H20O/c1-11(2)8-13(10-14)9-12-6-4-3-5-7-12/h3-7,11,13-14H,8-10H2,1-2H3/t13-/m0/s1. The maximum absolute atomic E-state index is 9.24. The van der Waals surface area contributed by atoms with Gasteiger partial charge in [-0.1, -0.05) is 44.2 Å². The fourth-order valence-electron chi connectivity index (χ4n) is 1.84. The third-order valence-electron chi connectivity index (χ3n) is 2.43. The molecule has 0 aromatic heterocycles. The second-order valence-electron chi connectivity index (χ2n) is 4.37. The summed E-state index contributed by atoms with van der Waals surface area (Å²) in [7, 11) is 0. The van der Waals surface area contributed by atoms with Crippen molar-refractivity contribution in [3.63, 3.8) is 0 Å². The van der Waals surface area contributed by atoms with Crippen molar-refractivity contribution >= 4 is 0 Å². The summed E-state index contributed by atoms with van der Waals surface area (Å²) in [5.41, 5.74) is 1.33. The van der Waals surface area contributed by atoms with Crippen molar-refractivity contribution in [2.24, 2.45) is 11.8 Å². The summed E-state index contributed by atoms with van der Waals surface area (Å²) in [5, 5.41) is 9.24. The highest BCUT2D eigenvalue weighted by molar-refractivity contribution is 5.15. The van der Waals surface area contributed by atoms with E-state index in [1.54, 1.807) is 0 Å². The molecule has 0 unspecified atom stereocenters. The molecule has 1 rings (SSSR count). The molecule has 1 nitrogen and oxygen atoms in total. The van der Waals surface area contributed by atoms with Crippen LogP contribution in [0.1, 0.15) is 25.8 Å². The first kappa shape index (κ1) is 11.3. The predicted molar refractivity (Wildman–Crippen MR) is 60.2 cm³/mol. The van der Waals surface area contributed by atoms with E-state index in [0.29, 0.717) is 18.4 Å². The van der Waals surface area contributed by atoms with Gasteiger partial charge in [-0.3, -0.25) is 0 Å². The van der Waals surface area contributed by atoms with Crippen LogP contribution >= 0.6 is 0 Å². The molecule has 1 N–H and O–H groups in total. The van der Waals surface area contributed by atoms with Gasteiger partial charge in [-0.15, -0.1) is 0 Å². The number of aliphatic hydroxyl groups excluding tert-OH is 1. The van der Waals surface area contributed by atoms with Crippen LogP contribution in [-0.2, 0) is 6.42 Å². The summed E-state index contributed by atoms with van der Waals surface area (Å²) in [4.78, 5) is 0. The Morgan fingerprint density at radius 1 is 1.14 bits per heavy atom. The van der Waals surface area contributed by atoms with E-state index in [0.717, 1.165) is 12.8 Å². The molecule has 0 aliphatic rings. The Morgan fingerprint density at radius 3 is 2.29 bits per heavy atom. The quantitative estimate of drug-likeness (QED) is 0.760. The average molecular weight is 192 g/mol. The molecule has 1 atom stereocenters. The highest BCUT2D eigenvalue weighted by Crippen LogP contribution is 2.16. The van der Waals surface area contributed by atoms with Crippen LogP contribution < -0.4 is 0 Å². The van der Waals surface area contributed by atoms with Crippen LogP contribution in [0, 0.1) is 11.8 Å². The molecule has 0 aliphatic carbocycles. The smallest absolute Gasteiger partial charge is 0.0462 e. The first-order valence-electron chi connectivity index (χ1n) is 5.37. The summed E-state index contributed by atoms with van der Waals surface area (Å²) in [6.45, 7) is 4.70. The minimum Gasteiger partial charge on any atom is -0.396 e. The molecule has 0 radical (unpaired) electrons. The lowest BCUT2D eigenvalue weighted by atomic mass is 9.92. The Labute approximate surface area is 86.8 Å². The van der Waals surface area contributed by atoms with E-state index in [4.69, 9.17) is 0 Å². The van der Waals surface area contributed by atoms with E-state index < -0.39 is 0 Å². The Hall–Kier alpha value is -0.820. The predicted octanol–water partition coefficient (Wildman–Crippen LogP) is 2.88. The molecule has 0 fully saturated rings. The summed E-state index contributed by atoms with van der Waals surface area (Å²) in [6.07, 6.45) is 2.10. The molecule has 0 saturated carbocycles. The van der Waals surface area contributed by atoms with Crippen molar-refractivity contribution in [1.82, 2.24) is 0 Å². The van der Waals surface area contributed by atoms with Crippen molar-refractivity contribution in [3.05, 3.63) is 35.9 Å². The molecule has 1 aromatic carbocycles. The van der Waals surface area contributed by atoms with Crippen LogP contribution in [-0.4, -0.2) is 11.7 Å². The first-order chi connectivity index (χ1) is 6.72. The number of aliphatic hydroxyl groups is 1. The minimum absolute atomic E-state index is 0.299. The van der Waals surface area contributed by atoms with Crippen molar-refractivity contribution in [2.75, 3.05) is 6.61 Å². The zero-order valence-electron chi connectivity index (χ0n) is 9.11. The van der Waals surface area contributed by atoms with Gasteiger partial charge in [-0.25, -0.2) is 0 Å². The van der Waals surface area contributed by atoms with Gasteiger partial charge in [-0.2, -0.15) is 0 Å². The summed E-state index contributed by atoms with van der Waals surface area (Å²) >= 11 is 0. The van der Waals surface area contributed by atoms with E-state index >= 15 is 0 Å². The third kappa shape index (κ3) is 3.93. The molecule has 1 aromatic rings. The van der Waals surface area contributed by atoms with Gasteiger partial charge in [0, 0.05) is 6.61 Å². The number of hydrogen-bond donors (Lipinski definition) is 1. The second-order valence-corrected chi connectivity index (χ2v) is 4.37. The Kier molecular flexibility index (Phi) is 4.68. The van der Waals surface area contributed by atoms with Crippen LogP contribution in [0.25, 0.3) is 0 Å². The molecule has 0 bridgehead atoms. The van der Waals surface area contributed by atoms with Gasteiger partial charge in [0.15, 0.2) is 0 Å². The Morgan fingerprint density at radius 2 is 1.79 bits per heavy atom. The third-order valence-corrected chi connectivity index (χ3v) is 2.43. The molecule has 0 heterocycles. The van der Waals surface area contributed by atoms with E-state index in [1.807, 2.05) is 6.07 Å². The zero-order valence-corrected chi connectivity index (χ0v) is 9.11. The lowest BCUT2D eigenvalue weighted by Crippen LogP contribution is -2.12. The van der Waals surface area contributed by atoms with Crippen molar-refractivity contribution in [2.45, 2.75) is 26.7 Å². The van der Waals surface area contributed by atoms with Gasteiger partial charge in [0.05, 0.1) is 0 Å². The fraction of sp³-hybridized carbons (Fsp3) is 0.538. The Balaban J connectivity index is 2.48. The molecule has 0 saturated heterocycles. The highest BCUT2D eigenvalue weighted by Gasteiger charge is 2.10. The maximum Gasteiger partial charge on any atom is 0.0462 e. The minimum atomic E-state index is 0.299. The van der Waals surface area contributed by atoms with Gasteiger partial charge >= 0.3 is 0 Å². The van der Waals surface area contributed by atoms with Crippen LogP contribution in [0.2, 0.25) is 0 Å². The summed E-state index contributed by atoms with van der Waals surface area (Å²) < 4.78 is 0. The lowest BCUT2D eigenvalue weighted by Gasteiger charge is -2.16. The molecule has 1 heteroatoms. The van der Waals surface area contributed by atoms with E-state index in [9.17, 15) is 5.11 Å². The zero-order chi connectivity index (χ0) is 10.4. The number of rotatable bonds is 5. The van der Waals surface area contributed by atoms with Gasteiger partial charge in [0.2, 0.25) is 0 Å². The number of benzene rings is 1. The van der Waals surface area contributed by atoms with Crippen molar-refractivity contribution in [3.8, 4) is 0 Å². The first-order valence-corrected chi connectivity index (χ1v) is 5.37. The number of hydrogen-bond acceptors (Lipinski definition) is 1. The lowest BCUT2D eigenvalue weighted by molar-refractivity contribution is 0.205. The molecular formula is C13H20O. The van der Waals surface area contributed by atoms with Gasteiger partial charge in [0.25, 0.3) is 0 Å². The SMILES string of the molecule is CC(C)C[C@H](CO)Cc1ccccc1. The van der Waals surface area contributed by atoms with Crippen LogP contribution in [0.15, 0.2) is 30.3 Å². The van der Waals surface area contributed by atoms with Crippen molar-refractivity contribution < 1.29 is 5.11 Å². The Bertz CT molecular complexity index is 241. The molecule has 0 spiro atoms.